The molecular weight excluding hydrogens is 340 g/mol. The lowest BCUT2D eigenvalue weighted by Crippen LogP contribution is -2.14. The van der Waals surface area contributed by atoms with Gasteiger partial charge < -0.3 is 15.0 Å². The molecule has 0 unspecified atom stereocenters. The third-order valence-corrected chi connectivity index (χ3v) is 4.41. The van der Waals surface area contributed by atoms with E-state index in [9.17, 15) is 9.59 Å². The minimum absolute atomic E-state index is 0.311. The number of hydrogen-bond donors (Lipinski definition) is 2. The lowest BCUT2D eigenvalue weighted by Gasteiger charge is -2.09. The summed E-state index contributed by atoms with van der Waals surface area (Å²) in [6.45, 7) is 3.89. The second-order valence-electron chi connectivity index (χ2n) is 5.81. The number of halogens is 1. The van der Waals surface area contributed by atoms with Gasteiger partial charge in [-0.3, -0.25) is 4.79 Å². The van der Waals surface area contributed by atoms with Crippen molar-refractivity contribution in [3.8, 4) is 0 Å². The van der Waals surface area contributed by atoms with Crippen LogP contribution in [-0.2, 0) is 4.74 Å². The van der Waals surface area contributed by atoms with Gasteiger partial charge in [0.1, 0.15) is 5.69 Å². The van der Waals surface area contributed by atoms with Crippen LogP contribution in [0.5, 0.6) is 0 Å². The molecule has 0 aliphatic rings. The zero-order chi connectivity index (χ0) is 18.1. The van der Waals surface area contributed by atoms with Gasteiger partial charge in [0.15, 0.2) is 0 Å². The van der Waals surface area contributed by atoms with Crippen LogP contribution in [0, 0.1) is 13.8 Å². The van der Waals surface area contributed by atoms with Crippen LogP contribution in [0.3, 0.4) is 0 Å². The number of H-pyrrole nitrogens is 1. The van der Waals surface area contributed by atoms with E-state index >= 15 is 0 Å². The van der Waals surface area contributed by atoms with Crippen molar-refractivity contribution >= 4 is 40.1 Å². The second kappa shape index (κ2) is 6.61. The SMILES string of the molecule is COC(=O)c1ccc(Cl)c(NC(=O)c2[nH]c3ccc(C)cc3c2C)c1. The molecule has 5 nitrogen and oxygen atoms in total. The monoisotopic (exact) mass is 356 g/mol. The number of ether oxygens (including phenoxy) is 1. The lowest BCUT2D eigenvalue weighted by atomic mass is 10.1. The Hall–Kier alpha value is -2.79. The van der Waals surface area contributed by atoms with Gasteiger partial charge in [-0.1, -0.05) is 23.2 Å². The Morgan fingerprint density at radius 1 is 1.12 bits per heavy atom. The first kappa shape index (κ1) is 17.0. The molecule has 0 saturated carbocycles. The molecule has 2 aromatic carbocycles. The standard InChI is InChI=1S/C19H17ClN2O3/c1-10-4-7-15-13(8-10)11(2)17(21-15)18(23)22-16-9-12(19(24)25-3)5-6-14(16)20/h4-9,21H,1-3H3,(H,22,23). The second-order valence-corrected chi connectivity index (χ2v) is 6.22. The quantitative estimate of drug-likeness (QED) is 0.680. The highest BCUT2D eigenvalue weighted by atomic mass is 35.5. The fourth-order valence-electron chi connectivity index (χ4n) is 2.72. The van der Waals surface area contributed by atoms with Gasteiger partial charge in [-0.05, 0) is 49.7 Å². The number of carbonyl (C=O) groups excluding carboxylic acids is 2. The smallest absolute Gasteiger partial charge is 0.337 e. The molecule has 0 bridgehead atoms. The summed E-state index contributed by atoms with van der Waals surface area (Å²) in [5, 5.41) is 4.09. The number of rotatable bonds is 3. The number of methoxy groups -OCH3 is 1. The van der Waals surface area contributed by atoms with Crippen LogP contribution in [0.2, 0.25) is 5.02 Å². The first-order valence-electron chi connectivity index (χ1n) is 7.69. The number of aryl methyl sites for hydroxylation is 2. The summed E-state index contributed by atoms with van der Waals surface area (Å²) in [6.07, 6.45) is 0. The van der Waals surface area contributed by atoms with Crippen molar-refractivity contribution in [2.45, 2.75) is 13.8 Å². The van der Waals surface area contributed by atoms with Crippen molar-refractivity contribution in [2.75, 3.05) is 12.4 Å². The fraction of sp³-hybridized carbons (Fsp3) is 0.158. The van der Waals surface area contributed by atoms with E-state index in [-0.39, 0.29) is 5.91 Å². The average Bonchev–Trinajstić information content (AvgIpc) is 2.92. The zero-order valence-corrected chi connectivity index (χ0v) is 14.8. The molecule has 0 aliphatic carbocycles. The third-order valence-electron chi connectivity index (χ3n) is 4.08. The Morgan fingerprint density at radius 2 is 1.88 bits per heavy atom. The molecule has 25 heavy (non-hydrogen) atoms. The molecule has 128 valence electrons. The maximum Gasteiger partial charge on any atom is 0.337 e. The molecule has 0 fully saturated rings. The van der Waals surface area contributed by atoms with Gasteiger partial charge in [0.25, 0.3) is 5.91 Å². The topological polar surface area (TPSA) is 71.2 Å². The summed E-state index contributed by atoms with van der Waals surface area (Å²) in [7, 11) is 1.30. The van der Waals surface area contributed by atoms with E-state index < -0.39 is 5.97 Å². The van der Waals surface area contributed by atoms with Crippen LogP contribution in [0.25, 0.3) is 10.9 Å². The van der Waals surface area contributed by atoms with E-state index in [2.05, 4.69) is 10.3 Å². The van der Waals surface area contributed by atoms with Crippen molar-refractivity contribution in [3.05, 3.63) is 63.8 Å². The molecule has 0 spiro atoms. The summed E-state index contributed by atoms with van der Waals surface area (Å²) in [5.74, 6) is -0.820. The number of esters is 1. The molecule has 2 N–H and O–H groups in total. The number of fused-ring (bicyclic) bond motifs is 1. The van der Waals surface area contributed by atoms with Gasteiger partial charge in [-0.15, -0.1) is 0 Å². The summed E-state index contributed by atoms with van der Waals surface area (Å²) in [5.41, 5.74) is 3.99. The molecule has 1 amide bonds. The van der Waals surface area contributed by atoms with E-state index in [0.29, 0.717) is 22.0 Å². The Balaban J connectivity index is 1.95. The van der Waals surface area contributed by atoms with Gasteiger partial charge in [-0.2, -0.15) is 0 Å². The fourth-order valence-corrected chi connectivity index (χ4v) is 2.88. The van der Waals surface area contributed by atoms with Crippen LogP contribution in [0.1, 0.15) is 32.0 Å². The highest BCUT2D eigenvalue weighted by Crippen LogP contribution is 2.27. The van der Waals surface area contributed by atoms with E-state index in [1.54, 1.807) is 12.1 Å². The maximum atomic E-state index is 12.7. The Labute approximate surface area is 149 Å². The highest BCUT2D eigenvalue weighted by Gasteiger charge is 2.17. The van der Waals surface area contributed by atoms with Crippen molar-refractivity contribution < 1.29 is 14.3 Å². The molecule has 0 radical (unpaired) electrons. The first-order valence-corrected chi connectivity index (χ1v) is 8.06. The number of aromatic nitrogens is 1. The van der Waals surface area contributed by atoms with E-state index in [1.165, 1.54) is 13.2 Å². The predicted octanol–water partition coefficient (Wildman–Crippen LogP) is 4.48. The summed E-state index contributed by atoms with van der Waals surface area (Å²) >= 11 is 6.14. The summed E-state index contributed by atoms with van der Waals surface area (Å²) < 4.78 is 4.69. The molecule has 1 heterocycles. The summed E-state index contributed by atoms with van der Waals surface area (Å²) in [4.78, 5) is 27.5. The number of aromatic amines is 1. The normalized spacial score (nSPS) is 10.7. The van der Waals surface area contributed by atoms with Crippen LogP contribution in [0.4, 0.5) is 5.69 Å². The van der Waals surface area contributed by atoms with Crippen molar-refractivity contribution in [2.24, 2.45) is 0 Å². The first-order chi connectivity index (χ1) is 11.9. The maximum absolute atomic E-state index is 12.7. The Kier molecular flexibility index (Phi) is 4.51. The molecule has 0 atom stereocenters. The lowest BCUT2D eigenvalue weighted by molar-refractivity contribution is 0.0600. The third kappa shape index (κ3) is 3.23. The number of carbonyl (C=O) groups is 2. The van der Waals surface area contributed by atoms with E-state index in [0.717, 1.165) is 22.0 Å². The molecule has 1 aromatic heterocycles. The predicted molar refractivity (Wildman–Crippen MR) is 98.5 cm³/mol. The van der Waals surface area contributed by atoms with E-state index in [4.69, 9.17) is 16.3 Å². The molecule has 0 aliphatic heterocycles. The number of benzene rings is 2. The molecule has 3 aromatic rings. The number of amides is 1. The highest BCUT2D eigenvalue weighted by molar-refractivity contribution is 6.34. The number of hydrogen-bond acceptors (Lipinski definition) is 3. The largest absolute Gasteiger partial charge is 0.465 e. The molecular formula is C19H17ClN2O3. The van der Waals surface area contributed by atoms with Crippen molar-refractivity contribution in [3.63, 3.8) is 0 Å². The van der Waals surface area contributed by atoms with Gasteiger partial charge in [-0.25, -0.2) is 4.79 Å². The Morgan fingerprint density at radius 3 is 2.60 bits per heavy atom. The van der Waals surface area contributed by atoms with Crippen molar-refractivity contribution in [1.29, 1.82) is 0 Å². The van der Waals surface area contributed by atoms with Gasteiger partial charge in [0.2, 0.25) is 0 Å². The van der Waals surface area contributed by atoms with Gasteiger partial charge >= 0.3 is 5.97 Å². The molecule has 6 heteroatoms. The van der Waals surface area contributed by atoms with E-state index in [1.807, 2.05) is 32.0 Å². The molecule has 0 saturated heterocycles. The van der Waals surface area contributed by atoms with Gasteiger partial charge in [0.05, 0.1) is 23.4 Å². The van der Waals surface area contributed by atoms with Crippen LogP contribution >= 0.6 is 11.6 Å². The van der Waals surface area contributed by atoms with Crippen LogP contribution < -0.4 is 5.32 Å². The number of nitrogens with one attached hydrogen (secondary N) is 2. The minimum Gasteiger partial charge on any atom is -0.465 e. The van der Waals surface area contributed by atoms with Crippen LogP contribution in [-0.4, -0.2) is 24.0 Å². The zero-order valence-electron chi connectivity index (χ0n) is 14.1. The van der Waals surface area contributed by atoms with Crippen molar-refractivity contribution in [1.82, 2.24) is 4.98 Å². The average molecular weight is 357 g/mol. The minimum atomic E-state index is -0.496. The molecule has 3 rings (SSSR count). The van der Waals surface area contributed by atoms with Crippen LogP contribution in [0.15, 0.2) is 36.4 Å². The number of anilines is 1. The Bertz CT molecular complexity index is 992. The summed E-state index contributed by atoms with van der Waals surface area (Å²) in [6, 6.07) is 10.5. The van der Waals surface area contributed by atoms with Gasteiger partial charge in [0, 0.05) is 10.9 Å².